The van der Waals surface area contributed by atoms with E-state index in [0.717, 1.165) is 5.56 Å². The SMILES string of the molecule is [2H]C(C)(c1ccc(F)cc1)N1C[C@H](C)N(c2cc(=O)n(C)c3ccc(C#N)nc23)C[C@H]1C. The molecule has 160 valence electrons. The molecule has 2 aromatic heterocycles. The first-order valence-corrected chi connectivity index (χ1v) is 10.3. The second-order valence-corrected chi connectivity index (χ2v) is 8.20. The minimum Gasteiger partial charge on any atom is -0.364 e. The lowest BCUT2D eigenvalue weighted by Crippen LogP contribution is -2.57. The van der Waals surface area contributed by atoms with Crippen molar-refractivity contribution in [2.24, 2.45) is 7.05 Å². The molecule has 1 fully saturated rings. The summed E-state index contributed by atoms with van der Waals surface area (Å²) in [5, 5.41) is 9.32. The highest BCUT2D eigenvalue weighted by atomic mass is 19.1. The van der Waals surface area contributed by atoms with Gasteiger partial charge >= 0.3 is 0 Å². The van der Waals surface area contributed by atoms with Crippen LogP contribution >= 0.6 is 0 Å². The first kappa shape index (κ1) is 19.7. The molecular formula is C24H26FN5O. The summed E-state index contributed by atoms with van der Waals surface area (Å²) in [6.07, 6.45) is 0. The number of aromatic nitrogens is 2. The van der Waals surface area contributed by atoms with Gasteiger partial charge in [-0.3, -0.25) is 9.69 Å². The monoisotopic (exact) mass is 420 g/mol. The molecule has 1 unspecified atom stereocenters. The predicted octanol–water partition coefficient (Wildman–Crippen LogP) is 3.60. The minimum absolute atomic E-state index is 0.0147. The van der Waals surface area contributed by atoms with E-state index < -0.39 is 6.02 Å². The van der Waals surface area contributed by atoms with E-state index in [1.165, 1.54) is 16.7 Å². The lowest BCUT2D eigenvalue weighted by molar-refractivity contribution is 0.119. The number of piperazine rings is 1. The van der Waals surface area contributed by atoms with Crippen LogP contribution in [-0.4, -0.2) is 39.6 Å². The zero-order valence-corrected chi connectivity index (χ0v) is 18.1. The second-order valence-electron chi connectivity index (χ2n) is 8.20. The average molecular weight is 421 g/mol. The van der Waals surface area contributed by atoms with Gasteiger partial charge in [-0.1, -0.05) is 12.1 Å². The van der Waals surface area contributed by atoms with Gasteiger partial charge in [0.25, 0.3) is 5.56 Å². The van der Waals surface area contributed by atoms with Crippen LogP contribution < -0.4 is 10.5 Å². The summed E-state index contributed by atoms with van der Waals surface area (Å²) in [5.74, 6) is -0.322. The van der Waals surface area contributed by atoms with Crippen molar-refractivity contribution in [2.75, 3.05) is 18.0 Å². The molecule has 3 atom stereocenters. The second kappa shape index (κ2) is 8.12. The lowest BCUT2D eigenvalue weighted by atomic mass is 10.00. The molecule has 1 aliphatic rings. The van der Waals surface area contributed by atoms with Crippen LogP contribution in [0, 0.1) is 17.1 Å². The number of fused-ring (bicyclic) bond motifs is 1. The average Bonchev–Trinajstić information content (AvgIpc) is 2.77. The molecule has 3 heterocycles. The van der Waals surface area contributed by atoms with Crippen LogP contribution in [0.2, 0.25) is 0 Å². The molecule has 1 aliphatic heterocycles. The van der Waals surface area contributed by atoms with E-state index in [-0.39, 0.29) is 23.5 Å². The van der Waals surface area contributed by atoms with Crippen LogP contribution in [0.4, 0.5) is 10.1 Å². The number of hydrogen-bond acceptors (Lipinski definition) is 5. The maximum atomic E-state index is 13.4. The molecule has 0 aliphatic carbocycles. The Morgan fingerprint density at radius 1 is 1.19 bits per heavy atom. The fourth-order valence-electron chi connectivity index (χ4n) is 4.38. The van der Waals surface area contributed by atoms with Gasteiger partial charge in [-0.05, 0) is 50.6 Å². The Morgan fingerprint density at radius 3 is 2.58 bits per heavy atom. The minimum atomic E-state index is -1.03. The zero-order chi connectivity index (χ0) is 23.2. The largest absolute Gasteiger partial charge is 0.364 e. The van der Waals surface area contributed by atoms with Crippen molar-refractivity contribution < 1.29 is 5.76 Å². The van der Waals surface area contributed by atoms with Crippen molar-refractivity contribution in [3.05, 3.63) is 69.9 Å². The molecule has 0 saturated carbocycles. The van der Waals surface area contributed by atoms with E-state index >= 15 is 0 Å². The van der Waals surface area contributed by atoms with Gasteiger partial charge in [0.1, 0.15) is 23.1 Å². The Bertz CT molecular complexity index is 1260. The Balaban J connectivity index is 1.72. The van der Waals surface area contributed by atoms with Crippen LogP contribution in [0.5, 0.6) is 0 Å². The third kappa shape index (κ3) is 3.79. The van der Waals surface area contributed by atoms with Gasteiger partial charge in [-0.15, -0.1) is 0 Å². The Kier molecular flexibility index (Phi) is 5.16. The van der Waals surface area contributed by atoms with E-state index in [9.17, 15) is 14.4 Å². The highest BCUT2D eigenvalue weighted by Gasteiger charge is 2.33. The van der Waals surface area contributed by atoms with E-state index in [4.69, 9.17) is 1.37 Å². The summed E-state index contributed by atoms with van der Waals surface area (Å²) in [4.78, 5) is 21.4. The number of nitriles is 1. The first-order valence-electron chi connectivity index (χ1n) is 10.8. The Labute approximate surface area is 182 Å². The third-order valence-corrected chi connectivity index (χ3v) is 6.17. The summed E-state index contributed by atoms with van der Waals surface area (Å²) in [6, 6.07) is 12.1. The van der Waals surface area contributed by atoms with Gasteiger partial charge in [0, 0.05) is 44.3 Å². The number of hydrogen-bond donors (Lipinski definition) is 0. The number of rotatable bonds is 3. The van der Waals surface area contributed by atoms with Gasteiger partial charge in [-0.2, -0.15) is 5.26 Å². The molecule has 3 aromatic rings. The van der Waals surface area contributed by atoms with Gasteiger partial charge in [0.15, 0.2) is 0 Å². The van der Waals surface area contributed by atoms with Crippen molar-refractivity contribution in [3.8, 4) is 6.07 Å². The number of pyridine rings is 2. The van der Waals surface area contributed by atoms with Crippen molar-refractivity contribution in [1.29, 1.82) is 5.26 Å². The van der Waals surface area contributed by atoms with Gasteiger partial charge in [0.2, 0.25) is 0 Å². The Morgan fingerprint density at radius 2 is 1.90 bits per heavy atom. The number of anilines is 1. The van der Waals surface area contributed by atoms with E-state index in [1.807, 2.05) is 13.8 Å². The molecule has 4 rings (SSSR count). The Hall–Kier alpha value is -3.24. The summed E-state index contributed by atoms with van der Waals surface area (Å²) in [7, 11) is 1.69. The molecule has 31 heavy (non-hydrogen) atoms. The molecule has 0 spiro atoms. The molecule has 0 bridgehead atoms. The quantitative estimate of drug-likeness (QED) is 0.648. The maximum absolute atomic E-state index is 13.4. The highest BCUT2D eigenvalue weighted by Crippen LogP contribution is 2.32. The standard InChI is InChI=1S/C24H26FN5O/c1-15-14-30(16(2)13-29(15)17(3)18-5-7-19(25)8-6-18)22-11-23(31)28(4)21-10-9-20(12-26)27-24(21)22/h5-11,15-17H,13-14H2,1-4H3/t15-,16+,17?/m1/s1/i17D. The van der Waals surface area contributed by atoms with Crippen LogP contribution in [0.15, 0.2) is 47.3 Å². The van der Waals surface area contributed by atoms with Crippen LogP contribution in [0.25, 0.3) is 11.0 Å². The molecule has 1 aromatic carbocycles. The molecular weight excluding hydrogens is 393 g/mol. The van der Waals surface area contributed by atoms with Gasteiger partial charge in [0.05, 0.1) is 12.6 Å². The lowest BCUT2D eigenvalue weighted by Gasteiger charge is -2.47. The third-order valence-electron chi connectivity index (χ3n) is 6.17. The zero-order valence-electron chi connectivity index (χ0n) is 19.1. The smallest absolute Gasteiger partial charge is 0.252 e. The first-order chi connectivity index (χ1) is 15.1. The van der Waals surface area contributed by atoms with Crippen LogP contribution in [0.1, 0.15) is 39.4 Å². The molecule has 7 heteroatoms. The fraction of sp³-hybridized carbons (Fsp3) is 0.375. The van der Waals surface area contributed by atoms with Gasteiger partial charge < -0.3 is 9.47 Å². The van der Waals surface area contributed by atoms with Crippen molar-refractivity contribution in [1.82, 2.24) is 14.5 Å². The highest BCUT2D eigenvalue weighted by molar-refractivity contribution is 5.89. The molecule has 1 saturated heterocycles. The fourth-order valence-corrected chi connectivity index (χ4v) is 4.38. The topological polar surface area (TPSA) is 65.2 Å². The molecule has 0 amide bonds. The van der Waals surface area contributed by atoms with Crippen LogP contribution in [-0.2, 0) is 7.05 Å². The maximum Gasteiger partial charge on any atom is 0.252 e. The summed E-state index contributed by atoms with van der Waals surface area (Å²) >= 11 is 0. The van der Waals surface area contributed by atoms with Crippen molar-refractivity contribution >= 4 is 16.7 Å². The van der Waals surface area contributed by atoms with Crippen molar-refractivity contribution in [3.63, 3.8) is 0 Å². The normalized spacial score (nSPS) is 22.1. The summed E-state index contributed by atoms with van der Waals surface area (Å²) < 4.78 is 24.0. The van der Waals surface area contributed by atoms with E-state index in [1.54, 1.807) is 37.4 Å². The molecule has 0 radical (unpaired) electrons. The summed E-state index contributed by atoms with van der Waals surface area (Å²) in [5.41, 5.74) is 2.87. The molecule has 0 N–H and O–H groups in total. The molecule has 6 nitrogen and oxygen atoms in total. The number of aryl methyl sites for hydroxylation is 1. The van der Waals surface area contributed by atoms with E-state index in [2.05, 4.69) is 27.8 Å². The van der Waals surface area contributed by atoms with Crippen molar-refractivity contribution in [2.45, 2.75) is 38.9 Å². The summed E-state index contributed by atoms with van der Waals surface area (Å²) in [6.45, 7) is 7.09. The number of nitrogens with zero attached hydrogens (tertiary/aromatic N) is 5. The predicted molar refractivity (Wildman–Crippen MR) is 119 cm³/mol. The number of halogens is 1. The van der Waals surface area contributed by atoms with Gasteiger partial charge in [-0.25, -0.2) is 9.37 Å². The van der Waals surface area contributed by atoms with E-state index in [0.29, 0.717) is 35.5 Å². The van der Waals surface area contributed by atoms with Crippen LogP contribution in [0.3, 0.4) is 0 Å². The number of benzene rings is 1.